The van der Waals surface area contributed by atoms with Gasteiger partial charge in [-0.15, -0.1) is 0 Å². The summed E-state index contributed by atoms with van der Waals surface area (Å²) < 4.78 is 10.0. The van der Waals surface area contributed by atoms with Crippen LogP contribution >= 0.6 is 0 Å². The smallest absolute Gasteiger partial charge is 0.254 e. The summed E-state index contributed by atoms with van der Waals surface area (Å²) in [7, 11) is 0. The Balaban J connectivity index is 1.36. The van der Waals surface area contributed by atoms with E-state index in [9.17, 15) is 4.79 Å². The fourth-order valence-electron chi connectivity index (χ4n) is 3.77. The highest BCUT2D eigenvalue weighted by atomic mass is 16.3. The van der Waals surface area contributed by atoms with E-state index in [1.165, 1.54) is 0 Å². The molecule has 4 heteroatoms. The van der Waals surface area contributed by atoms with E-state index < -0.39 is 0 Å². The molecule has 5 aromatic rings. The second-order valence-corrected chi connectivity index (χ2v) is 7.34. The molecule has 0 saturated heterocycles. The molecule has 0 spiro atoms. The zero-order valence-corrected chi connectivity index (χ0v) is 16.2. The van der Waals surface area contributed by atoms with Gasteiger partial charge in [-0.1, -0.05) is 54.6 Å². The quantitative estimate of drug-likeness (QED) is 0.320. The highest BCUT2D eigenvalue weighted by molar-refractivity contribution is 5.99. The molecule has 4 nitrogen and oxygen atoms in total. The highest BCUT2D eigenvalue weighted by Gasteiger charge is 2.18. The Morgan fingerprint density at radius 1 is 0.931 bits per heavy atom. The van der Waals surface area contributed by atoms with Crippen LogP contribution in [0.1, 0.15) is 21.9 Å². The predicted molar refractivity (Wildman–Crippen MR) is 113 cm³/mol. The molecular weight excluding hydrogens is 360 g/mol. The van der Waals surface area contributed by atoms with Crippen LogP contribution in [0, 0.1) is 6.92 Å². The van der Waals surface area contributed by atoms with Crippen LogP contribution in [0.5, 0.6) is 0 Å². The number of imidazole rings is 1. The Bertz CT molecular complexity index is 1310. The number of furan rings is 1. The van der Waals surface area contributed by atoms with Crippen LogP contribution in [0.15, 0.2) is 89.6 Å². The van der Waals surface area contributed by atoms with E-state index in [1.54, 1.807) is 0 Å². The van der Waals surface area contributed by atoms with Gasteiger partial charge in [-0.2, -0.15) is 0 Å². The number of rotatable bonds is 5. The first-order valence-corrected chi connectivity index (χ1v) is 9.72. The summed E-state index contributed by atoms with van der Waals surface area (Å²) in [6.45, 7) is 2.98. The molecule has 0 aliphatic heterocycles. The molecule has 0 radical (unpaired) electrons. The number of hydrogen-bond acceptors (Lipinski definition) is 2. The summed E-state index contributed by atoms with van der Waals surface area (Å²) >= 11 is 0. The van der Waals surface area contributed by atoms with E-state index in [0.29, 0.717) is 13.1 Å². The summed E-state index contributed by atoms with van der Waals surface area (Å²) in [6.07, 6.45) is 3.95. The first-order chi connectivity index (χ1) is 14.2. The molecule has 0 aliphatic rings. The molecule has 142 valence electrons. The van der Waals surface area contributed by atoms with Crippen molar-refractivity contribution in [2.45, 2.75) is 20.0 Å². The van der Waals surface area contributed by atoms with Crippen molar-refractivity contribution in [1.29, 1.82) is 0 Å². The third-order valence-corrected chi connectivity index (χ3v) is 5.45. The molecule has 0 saturated carbocycles. The summed E-state index contributed by atoms with van der Waals surface area (Å²) in [5.41, 5.74) is 1.63. The topological polar surface area (TPSA) is 39.0 Å². The van der Waals surface area contributed by atoms with Gasteiger partial charge < -0.3 is 4.42 Å². The summed E-state index contributed by atoms with van der Waals surface area (Å²) in [6, 6.07) is 24.1. The number of hydrogen-bond donors (Lipinski definition) is 0. The molecule has 0 N–H and O–H groups in total. The van der Waals surface area contributed by atoms with Gasteiger partial charge in [0.25, 0.3) is 5.82 Å². The van der Waals surface area contributed by atoms with Gasteiger partial charge in [0.1, 0.15) is 30.3 Å². The molecule has 5 rings (SSSR count). The van der Waals surface area contributed by atoms with Gasteiger partial charge in [0.05, 0.1) is 0 Å². The number of Topliss-reactive ketones (excluding diaryl/α,β-unsaturated/α-hetero) is 1. The second-order valence-electron chi connectivity index (χ2n) is 7.34. The van der Waals surface area contributed by atoms with Gasteiger partial charge in [-0.05, 0) is 29.0 Å². The highest BCUT2D eigenvalue weighted by Crippen LogP contribution is 2.20. The molecule has 0 bridgehead atoms. The van der Waals surface area contributed by atoms with Crippen molar-refractivity contribution in [1.82, 2.24) is 4.57 Å². The molecule has 0 aliphatic carbocycles. The minimum Gasteiger partial charge on any atom is -0.457 e. The Kier molecular flexibility index (Phi) is 4.24. The van der Waals surface area contributed by atoms with Gasteiger partial charge in [0.2, 0.25) is 5.78 Å². The van der Waals surface area contributed by atoms with Gasteiger partial charge in [0.15, 0.2) is 6.54 Å². The molecule has 0 atom stereocenters. The van der Waals surface area contributed by atoms with E-state index in [0.717, 1.165) is 38.9 Å². The number of aromatic nitrogens is 2. The number of para-hydroxylation sites is 1. The van der Waals surface area contributed by atoms with Crippen molar-refractivity contribution in [3.63, 3.8) is 0 Å². The Labute approximate surface area is 168 Å². The zero-order chi connectivity index (χ0) is 19.8. The summed E-state index contributed by atoms with van der Waals surface area (Å²) in [5.74, 6) is 2.02. The third-order valence-electron chi connectivity index (χ3n) is 5.45. The van der Waals surface area contributed by atoms with Crippen molar-refractivity contribution in [2.75, 3.05) is 0 Å². The average molecular weight is 381 g/mol. The maximum atomic E-state index is 12.8. The lowest BCUT2D eigenvalue weighted by Crippen LogP contribution is -2.39. The SMILES string of the molecule is Cc1n(Cc2cc3ccccc3o2)cc[n+]1CC(=O)c1ccc2ccccc2c1. The van der Waals surface area contributed by atoms with E-state index in [2.05, 4.69) is 16.7 Å². The van der Waals surface area contributed by atoms with Crippen LogP contribution in [0.2, 0.25) is 0 Å². The maximum absolute atomic E-state index is 12.8. The number of carbonyl (C=O) groups excluding carboxylic acids is 1. The van der Waals surface area contributed by atoms with Gasteiger partial charge >= 0.3 is 0 Å². The van der Waals surface area contributed by atoms with E-state index in [-0.39, 0.29) is 5.78 Å². The lowest BCUT2D eigenvalue weighted by atomic mass is 10.0. The first-order valence-electron chi connectivity index (χ1n) is 9.72. The number of ketones is 1. The number of nitrogens with zero attached hydrogens (tertiary/aromatic N) is 2. The standard InChI is InChI=1S/C25H21N2O2/c1-18-26(16-23-15-22-8-4-5-9-25(22)29-23)12-13-27(18)17-24(28)21-11-10-19-6-2-3-7-20(19)14-21/h2-15H,16-17H2,1H3/q+1. The number of benzene rings is 3. The van der Waals surface area contributed by atoms with Crippen LogP contribution in [0.3, 0.4) is 0 Å². The fourth-order valence-corrected chi connectivity index (χ4v) is 3.77. The predicted octanol–water partition coefficient (Wildman–Crippen LogP) is 4.91. The van der Waals surface area contributed by atoms with E-state index in [1.807, 2.05) is 84.5 Å². The summed E-state index contributed by atoms with van der Waals surface area (Å²) in [5, 5.41) is 3.33. The van der Waals surface area contributed by atoms with Crippen molar-refractivity contribution >= 4 is 27.5 Å². The van der Waals surface area contributed by atoms with E-state index in [4.69, 9.17) is 4.42 Å². The van der Waals surface area contributed by atoms with E-state index >= 15 is 0 Å². The Morgan fingerprint density at radius 2 is 1.69 bits per heavy atom. The van der Waals surface area contributed by atoms with Gasteiger partial charge in [-0.3, -0.25) is 4.79 Å². The zero-order valence-electron chi connectivity index (χ0n) is 16.2. The average Bonchev–Trinajstić information content (AvgIpc) is 3.31. The molecule has 0 amide bonds. The molecular formula is C25H21N2O2+. The lowest BCUT2D eigenvalue weighted by molar-refractivity contribution is -0.688. The normalized spacial score (nSPS) is 11.3. The fraction of sp³-hybridized carbons (Fsp3) is 0.120. The number of fused-ring (bicyclic) bond motifs is 2. The van der Waals surface area contributed by atoms with Crippen LogP contribution in [0.25, 0.3) is 21.7 Å². The second kappa shape index (κ2) is 7.06. The molecule has 2 aromatic heterocycles. The summed E-state index contributed by atoms with van der Waals surface area (Å²) in [4.78, 5) is 12.8. The molecule has 3 aromatic carbocycles. The number of carbonyl (C=O) groups is 1. The monoisotopic (exact) mass is 381 g/mol. The third kappa shape index (κ3) is 3.34. The first kappa shape index (κ1) is 17.4. The van der Waals surface area contributed by atoms with Crippen LogP contribution in [-0.2, 0) is 13.1 Å². The lowest BCUT2D eigenvalue weighted by Gasteiger charge is -2.03. The van der Waals surface area contributed by atoms with Crippen molar-refractivity contribution in [3.8, 4) is 0 Å². The molecule has 0 fully saturated rings. The van der Waals surface area contributed by atoms with Gasteiger partial charge in [0, 0.05) is 17.9 Å². The minimum atomic E-state index is 0.102. The molecule has 2 heterocycles. The van der Waals surface area contributed by atoms with Crippen LogP contribution in [0.4, 0.5) is 0 Å². The molecule has 29 heavy (non-hydrogen) atoms. The largest absolute Gasteiger partial charge is 0.457 e. The van der Waals surface area contributed by atoms with Crippen molar-refractivity contribution < 1.29 is 13.8 Å². The van der Waals surface area contributed by atoms with Gasteiger partial charge in [-0.25, -0.2) is 9.13 Å². The van der Waals surface area contributed by atoms with Crippen molar-refractivity contribution in [2.24, 2.45) is 0 Å². The maximum Gasteiger partial charge on any atom is 0.254 e. The Hall–Kier alpha value is -3.66. The Morgan fingerprint density at radius 3 is 2.52 bits per heavy atom. The van der Waals surface area contributed by atoms with Crippen LogP contribution < -0.4 is 4.57 Å². The molecule has 0 unspecified atom stereocenters. The van der Waals surface area contributed by atoms with Crippen molar-refractivity contribution in [3.05, 3.63) is 102 Å². The van der Waals surface area contributed by atoms with Crippen LogP contribution in [-0.4, -0.2) is 10.4 Å². The minimum absolute atomic E-state index is 0.102.